The van der Waals surface area contributed by atoms with Gasteiger partial charge in [-0.3, -0.25) is 4.79 Å². The average Bonchev–Trinajstić information content (AvgIpc) is 2.52. The summed E-state index contributed by atoms with van der Waals surface area (Å²) in [5, 5.41) is 0. The van der Waals surface area contributed by atoms with Gasteiger partial charge < -0.3 is 15.4 Å². The SMILES string of the molecule is CCCN(C(=O)CCC1CCCCO1)c1ccc(N)cc1. The van der Waals surface area contributed by atoms with Crippen LogP contribution in [0.1, 0.15) is 45.4 Å². The molecule has 1 saturated heterocycles. The zero-order valence-electron chi connectivity index (χ0n) is 12.9. The maximum Gasteiger partial charge on any atom is 0.227 e. The van der Waals surface area contributed by atoms with Crippen molar-refractivity contribution in [3.63, 3.8) is 0 Å². The van der Waals surface area contributed by atoms with Gasteiger partial charge >= 0.3 is 0 Å². The lowest BCUT2D eigenvalue weighted by atomic mass is 10.0. The molecule has 0 bridgehead atoms. The molecule has 0 saturated carbocycles. The zero-order valence-corrected chi connectivity index (χ0v) is 12.9. The fraction of sp³-hybridized carbons (Fsp3) is 0.588. The molecule has 2 rings (SSSR count). The molecule has 4 heteroatoms. The number of anilines is 2. The van der Waals surface area contributed by atoms with Gasteiger partial charge in [-0.05, 0) is 56.4 Å². The summed E-state index contributed by atoms with van der Waals surface area (Å²) in [6, 6.07) is 7.52. The Kier molecular flexibility index (Phi) is 6.05. The zero-order chi connectivity index (χ0) is 15.1. The molecule has 1 aliphatic rings. The van der Waals surface area contributed by atoms with Gasteiger partial charge in [0.2, 0.25) is 5.91 Å². The fourth-order valence-corrected chi connectivity index (χ4v) is 2.73. The Labute approximate surface area is 127 Å². The number of hydrogen-bond donors (Lipinski definition) is 1. The topological polar surface area (TPSA) is 55.6 Å². The van der Waals surface area contributed by atoms with Crippen LogP contribution >= 0.6 is 0 Å². The first-order chi connectivity index (χ1) is 10.2. The van der Waals surface area contributed by atoms with Crippen molar-refractivity contribution < 1.29 is 9.53 Å². The number of ether oxygens (including phenoxy) is 1. The molecule has 1 aliphatic heterocycles. The summed E-state index contributed by atoms with van der Waals surface area (Å²) < 4.78 is 5.70. The second-order valence-electron chi connectivity index (χ2n) is 5.66. The minimum absolute atomic E-state index is 0.177. The van der Waals surface area contributed by atoms with E-state index in [2.05, 4.69) is 6.92 Å². The van der Waals surface area contributed by atoms with Crippen LogP contribution in [0.3, 0.4) is 0 Å². The lowest BCUT2D eigenvalue weighted by molar-refractivity contribution is -0.119. The van der Waals surface area contributed by atoms with E-state index in [1.54, 1.807) is 0 Å². The molecule has 1 atom stereocenters. The number of rotatable bonds is 6. The molecule has 4 nitrogen and oxygen atoms in total. The number of nitrogen functional groups attached to an aromatic ring is 1. The number of benzene rings is 1. The summed E-state index contributed by atoms with van der Waals surface area (Å²) >= 11 is 0. The van der Waals surface area contributed by atoms with Crippen LogP contribution in [0.4, 0.5) is 11.4 Å². The highest BCUT2D eigenvalue weighted by Crippen LogP contribution is 2.21. The summed E-state index contributed by atoms with van der Waals surface area (Å²) in [5.41, 5.74) is 7.36. The van der Waals surface area contributed by atoms with Gasteiger partial charge in [0, 0.05) is 30.9 Å². The van der Waals surface area contributed by atoms with Crippen molar-refractivity contribution in [2.75, 3.05) is 23.8 Å². The average molecular weight is 290 g/mol. The minimum Gasteiger partial charge on any atom is -0.399 e. The van der Waals surface area contributed by atoms with Crippen LogP contribution in [-0.4, -0.2) is 25.2 Å². The first-order valence-electron chi connectivity index (χ1n) is 7.98. The largest absolute Gasteiger partial charge is 0.399 e. The van der Waals surface area contributed by atoms with Crippen molar-refractivity contribution in [3.05, 3.63) is 24.3 Å². The summed E-state index contributed by atoms with van der Waals surface area (Å²) in [4.78, 5) is 14.4. The number of nitrogens with two attached hydrogens (primary N) is 1. The van der Waals surface area contributed by atoms with Crippen LogP contribution in [0.2, 0.25) is 0 Å². The highest BCUT2D eigenvalue weighted by molar-refractivity contribution is 5.93. The Balaban J connectivity index is 1.93. The number of hydrogen-bond acceptors (Lipinski definition) is 3. The van der Waals surface area contributed by atoms with Gasteiger partial charge in [0.25, 0.3) is 0 Å². The van der Waals surface area contributed by atoms with Gasteiger partial charge in [-0.2, -0.15) is 0 Å². The maximum atomic E-state index is 12.5. The first kappa shape index (κ1) is 15.8. The summed E-state index contributed by atoms with van der Waals surface area (Å²) in [6.07, 6.45) is 6.03. The number of amides is 1. The third kappa shape index (κ3) is 4.74. The van der Waals surface area contributed by atoms with Crippen molar-refractivity contribution in [1.82, 2.24) is 0 Å². The molecule has 1 aromatic carbocycles. The predicted molar refractivity (Wildman–Crippen MR) is 86.3 cm³/mol. The standard InChI is InChI=1S/C17H26N2O2/c1-2-12-19(15-8-6-14(18)7-9-15)17(20)11-10-16-5-3-4-13-21-16/h6-9,16H,2-5,10-13,18H2,1H3. The molecule has 0 aliphatic carbocycles. The van der Waals surface area contributed by atoms with E-state index in [1.165, 1.54) is 6.42 Å². The third-order valence-electron chi connectivity index (χ3n) is 3.91. The summed E-state index contributed by atoms with van der Waals surface area (Å²) in [7, 11) is 0. The molecule has 21 heavy (non-hydrogen) atoms. The van der Waals surface area contributed by atoms with Gasteiger partial charge in [-0.1, -0.05) is 6.92 Å². The second kappa shape index (κ2) is 8.03. The number of carbonyl (C=O) groups is 1. The second-order valence-corrected chi connectivity index (χ2v) is 5.66. The third-order valence-corrected chi connectivity index (χ3v) is 3.91. The van der Waals surface area contributed by atoms with Gasteiger partial charge in [0.05, 0.1) is 6.10 Å². The van der Waals surface area contributed by atoms with Gasteiger partial charge in [-0.15, -0.1) is 0 Å². The van der Waals surface area contributed by atoms with E-state index in [1.807, 2.05) is 29.2 Å². The Morgan fingerprint density at radius 2 is 2.10 bits per heavy atom. The van der Waals surface area contributed by atoms with Crippen LogP contribution in [0.25, 0.3) is 0 Å². The molecule has 1 amide bonds. The Morgan fingerprint density at radius 1 is 1.33 bits per heavy atom. The highest BCUT2D eigenvalue weighted by Gasteiger charge is 2.19. The molecular weight excluding hydrogens is 264 g/mol. The molecule has 0 radical (unpaired) electrons. The minimum atomic E-state index is 0.177. The van der Waals surface area contributed by atoms with Gasteiger partial charge in [0.15, 0.2) is 0 Å². The Bertz CT molecular complexity index is 439. The monoisotopic (exact) mass is 290 g/mol. The molecule has 1 heterocycles. The van der Waals surface area contributed by atoms with Crippen LogP contribution in [0.15, 0.2) is 24.3 Å². The summed E-state index contributed by atoms with van der Waals surface area (Å²) in [6.45, 7) is 3.67. The van der Waals surface area contributed by atoms with Crippen LogP contribution in [-0.2, 0) is 9.53 Å². The lowest BCUT2D eigenvalue weighted by Gasteiger charge is -2.25. The van der Waals surface area contributed by atoms with E-state index < -0.39 is 0 Å². The van der Waals surface area contributed by atoms with Crippen molar-refractivity contribution in [2.45, 2.75) is 51.6 Å². The van der Waals surface area contributed by atoms with Crippen molar-refractivity contribution in [1.29, 1.82) is 0 Å². The van der Waals surface area contributed by atoms with Crippen LogP contribution in [0.5, 0.6) is 0 Å². The van der Waals surface area contributed by atoms with Gasteiger partial charge in [-0.25, -0.2) is 0 Å². The Morgan fingerprint density at radius 3 is 2.71 bits per heavy atom. The molecule has 2 N–H and O–H groups in total. The van der Waals surface area contributed by atoms with E-state index in [0.717, 1.165) is 50.2 Å². The van der Waals surface area contributed by atoms with E-state index in [0.29, 0.717) is 6.42 Å². The Hall–Kier alpha value is -1.55. The van der Waals surface area contributed by atoms with Crippen molar-refractivity contribution in [2.24, 2.45) is 0 Å². The van der Waals surface area contributed by atoms with Crippen molar-refractivity contribution in [3.8, 4) is 0 Å². The van der Waals surface area contributed by atoms with E-state index in [4.69, 9.17) is 10.5 Å². The molecule has 0 spiro atoms. The van der Waals surface area contributed by atoms with Crippen molar-refractivity contribution >= 4 is 17.3 Å². The first-order valence-corrected chi connectivity index (χ1v) is 7.98. The van der Waals surface area contributed by atoms with Crippen LogP contribution < -0.4 is 10.6 Å². The van der Waals surface area contributed by atoms with Crippen LogP contribution in [0, 0.1) is 0 Å². The maximum absolute atomic E-state index is 12.5. The normalized spacial score (nSPS) is 18.4. The number of carbonyl (C=O) groups excluding carboxylic acids is 1. The quantitative estimate of drug-likeness (QED) is 0.817. The molecule has 0 aromatic heterocycles. The predicted octanol–water partition coefficient (Wildman–Crippen LogP) is 3.36. The van der Waals surface area contributed by atoms with E-state index >= 15 is 0 Å². The van der Waals surface area contributed by atoms with Gasteiger partial charge in [0.1, 0.15) is 0 Å². The summed E-state index contributed by atoms with van der Waals surface area (Å²) in [5.74, 6) is 0.177. The number of nitrogens with zero attached hydrogens (tertiary/aromatic N) is 1. The molecule has 116 valence electrons. The molecule has 1 fully saturated rings. The lowest BCUT2D eigenvalue weighted by Crippen LogP contribution is -2.32. The molecule has 1 unspecified atom stereocenters. The fourth-order valence-electron chi connectivity index (χ4n) is 2.73. The molecular formula is C17H26N2O2. The van der Waals surface area contributed by atoms with E-state index in [9.17, 15) is 4.79 Å². The van der Waals surface area contributed by atoms with E-state index in [-0.39, 0.29) is 12.0 Å². The highest BCUT2D eigenvalue weighted by atomic mass is 16.5. The molecule has 1 aromatic rings. The smallest absolute Gasteiger partial charge is 0.227 e.